The highest BCUT2D eigenvalue weighted by Crippen LogP contribution is 2.24. The van der Waals surface area contributed by atoms with Crippen molar-refractivity contribution in [1.82, 2.24) is 5.32 Å². The van der Waals surface area contributed by atoms with Gasteiger partial charge in [-0.2, -0.15) is 0 Å². The highest BCUT2D eigenvalue weighted by atomic mass is 32.2. The monoisotopic (exact) mass is 296 g/mol. The Morgan fingerprint density at radius 3 is 2.60 bits per heavy atom. The van der Waals surface area contributed by atoms with Gasteiger partial charge in [0.1, 0.15) is 0 Å². The molecule has 4 nitrogen and oxygen atoms in total. The summed E-state index contributed by atoms with van der Waals surface area (Å²) in [6, 6.07) is 8.23. The van der Waals surface area contributed by atoms with Crippen LogP contribution in [0.15, 0.2) is 24.3 Å². The predicted octanol–water partition coefficient (Wildman–Crippen LogP) is 2.69. The molecule has 0 unspecified atom stereocenters. The van der Waals surface area contributed by atoms with Gasteiger partial charge in [-0.15, -0.1) is 0 Å². The standard InChI is InChI=1S/C15H24N2O2S/c1-12(2)14-6-3-4-7-15(14)17-20(18,19)11-5-10-16-13-8-9-13/h3-4,6-7,12-13,16-17H,5,8-11H2,1-2H3. The van der Waals surface area contributed by atoms with Crippen LogP contribution in [-0.2, 0) is 10.0 Å². The molecular weight excluding hydrogens is 272 g/mol. The molecule has 5 heteroatoms. The van der Waals surface area contributed by atoms with Crippen LogP contribution >= 0.6 is 0 Å². The van der Waals surface area contributed by atoms with Crippen molar-refractivity contribution in [3.8, 4) is 0 Å². The van der Waals surface area contributed by atoms with Crippen LogP contribution in [-0.4, -0.2) is 26.8 Å². The highest BCUT2D eigenvalue weighted by molar-refractivity contribution is 7.92. The van der Waals surface area contributed by atoms with Gasteiger partial charge in [0.05, 0.1) is 11.4 Å². The molecule has 1 saturated carbocycles. The van der Waals surface area contributed by atoms with Crippen molar-refractivity contribution in [3.63, 3.8) is 0 Å². The minimum absolute atomic E-state index is 0.166. The SMILES string of the molecule is CC(C)c1ccccc1NS(=O)(=O)CCCNC1CC1. The normalized spacial score (nSPS) is 15.6. The molecular formula is C15H24N2O2S. The summed E-state index contributed by atoms with van der Waals surface area (Å²) in [5.74, 6) is 0.463. The first-order valence-electron chi connectivity index (χ1n) is 7.31. The predicted molar refractivity (Wildman–Crippen MR) is 83.6 cm³/mol. The van der Waals surface area contributed by atoms with E-state index in [1.165, 1.54) is 12.8 Å². The van der Waals surface area contributed by atoms with Gasteiger partial charge >= 0.3 is 0 Å². The highest BCUT2D eigenvalue weighted by Gasteiger charge is 2.20. The van der Waals surface area contributed by atoms with E-state index in [-0.39, 0.29) is 5.75 Å². The van der Waals surface area contributed by atoms with Gasteiger partial charge in [0, 0.05) is 6.04 Å². The summed E-state index contributed by atoms with van der Waals surface area (Å²) in [4.78, 5) is 0. The third kappa shape index (κ3) is 4.80. The van der Waals surface area contributed by atoms with E-state index in [2.05, 4.69) is 23.9 Å². The molecule has 20 heavy (non-hydrogen) atoms. The second kappa shape index (κ2) is 6.59. The van der Waals surface area contributed by atoms with Gasteiger partial charge in [-0.3, -0.25) is 4.72 Å². The third-order valence-corrected chi connectivity index (χ3v) is 4.81. The molecule has 0 heterocycles. The second-order valence-corrected chi connectivity index (χ2v) is 7.59. The summed E-state index contributed by atoms with van der Waals surface area (Å²) >= 11 is 0. The molecule has 2 rings (SSSR count). The largest absolute Gasteiger partial charge is 0.314 e. The average molecular weight is 296 g/mol. The number of rotatable bonds is 8. The Hall–Kier alpha value is -1.07. The van der Waals surface area contributed by atoms with E-state index in [9.17, 15) is 8.42 Å². The first-order valence-corrected chi connectivity index (χ1v) is 8.96. The molecule has 0 spiro atoms. The molecule has 1 aliphatic carbocycles. The Morgan fingerprint density at radius 1 is 1.25 bits per heavy atom. The molecule has 1 aromatic rings. The van der Waals surface area contributed by atoms with Gasteiger partial charge < -0.3 is 5.32 Å². The lowest BCUT2D eigenvalue weighted by Crippen LogP contribution is -2.23. The van der Waals surface area contributed by atoms with Crippen molar-refractivity contribution >= 4 is 15.7 Å². The molecule has 0 bridgehead atoms. The number of anilines is 1. The zero-order chi connectivity index (χ0) is 14.6. The maximum absolute atomic E-state index is 12.1. The zero-order valence-corrected chi connectivity index (χ0v) is 13.0. The molecule has 2 N–H and O–H groups in total. The maximum Gasteiger partial charge on any atom is 0.232 e. The van der Waals surface area contributed by atoms with Gasteiger partial charge in [-0.25, -0.2) is 8.42 Å². The van der Waals surface area contributed by atoms with Gasteiger partial charge in [0.15, 0.2) is 0 Å². The van der Waals surface area contributed by atoms with Crippen molar-refractivity contribution in [1.29, 1.82) is 0 Å². The van der Waals surface area contributed by atoms with Crippen LogP contribution in [0.1, 0.15) is 44.6 Å². The molecule has 0 amide bonds. The number of para-hydroxylation sites is 1. The van der Waals surface area contributed by atoms with Crippen LogP contribution < -0.4 is 10.0 Å². The van der Waals surface area contributed by atoms with E-state index in [1.807, 2.05) is 24.3 Å². The van der Waals surface area contributed by atoms with Crippen LogP contribution in [0, 0.1) is 0 Å². The lowest BCUT2D eigenvalue weighted by molar-refractivity contribution is 0.593. The minimum Gasteiger partial charge on any atom is -0.314 e. The van der Waals surface area contributed by atoms with E-state index < -0.39 is 10.0 Å². The van der Waals surface area contributed by atoms with Crippen molar-refractivity contribution in [3.05, 3.63) is 29.8 Å². The Morgan fingerprint density at radius 2 is 1.95 bits per heavy atom. The van der Waals surface area contributed by atoms with E-state index in [0.29, 0.717) is 24.1 Å². The average Bonchev–Trinajstić information content (AvgIpc) is 3.18. The molecule has 0 aliphatic heterocycles. The van der Waals surface area contributed by atoms with Crippen molar-refractivity contribution in [2.75, 3.05) is 17.0 Å². The van der Waals surface area contributed by atoms with Crippen molar-refractivity contribution in [2.45, 2.75) is 45.1 Å². The summed E-state index contributed by atoms with van der Waals surface area (Å²) in [5.41, 5.74) is 1.74. The first kappa shape index (κ1) is 15.3. The fourth-order valence-corrected chi connectivity index (χ4v) is 3.32. The van der Waals surface area contributed by atoms with E-state index in [0.717, 1.165) is 12.1 Å². The summed E-state index contributed by atoms with van der Waals surface area (Å²) in [6.45, 7) is 4.90. The molecule has 112 valence electrons. The summed E-state index contributed by atoms with van der Waals surface area (Å²) < 4.78 is 26.9. The minimum atomic E-state index is -3.26. The lowest BCUT2D eigenvalue weighted by Gasteiger charge is -2.14. The number of benzene rings is 1. The summed E-state index contributed by atoms with van der Waals surface area (Å²) in [7, 11) is -3.26. The first-order chi connectivity index (χ1) is 9.48. The second-order valence-electron chi connectivity index (χ2n) is 5.74. The van der Waals surface area contributed by atoms with E-state index in [1.54, 1.807) is 0 Å². The van der Waals surface area contributed by atoms with Crippen LogP contribution in [0.2, 0.25) is 0 Å². The molecule has 0 radical (unpaired) electrons. The van der Waals surface area contributed by atoms with Crippen LogP contribution in [0.25, 0.3) is 0 Å². The van der Waals surface area contributed by atoms with E-state index >= 15 is 0 Å². The zero-order valence-electron chi connectivity index (χ0n) is 12.2. The van der Waals surface area contributed by atoms with Gasteiger partial charge in [-0.1, -0.05) is 32.0 Å². The van der Waals surface area contributed by atoms with E-state index in [4.69, 9.17) is 0 Å². The number of hydrogen-bond acceptors (Lipinski definition) is 3. The molecule has 1 aliphatic rings. The van der Waals surface area contributed by atoms with Crippen LogP contribution in [0.4, 0.5) is 5.69 Å². The molecule has 0 aromatic heterocycles. The quantitative estimate of drug-likeness (QED) is 0.725. The lowest BCUT2D eigenvalue weighted by atomic mass is 10.0. The molecule has 1 aromatic carbocycles. The number of hydrogen-bond donors (Lipinski definition) is 2. The Kier molecular flexibility index (Phi) is 5.05. The molecule has 0 saturated heterocycles. The van der Waals surface area contributed by atoms with Crippen molar-refractivity contribution < 1.29 is 8.42 Å². The fourth-order valence-electron chi connectivity index (χ4n) is 2.17. The maximum atomic E-state index is 12.1. The van der Waals surface area contributed by atoms with Gasteiger partial charge in [0.2, 0.25) is 10.0 Å². The Balaban J connectivity index is 1.89. The van der Waals surface area contributed by atoms with Crippen molar-refractivity contribution in [2.24, 2.45) is 0 Å². The number of sulfonamides is 1. The van der Waals surface area contributed by atoms with Gasteiger partial charge in [0.25, 0.3) is 0 Å². The topological polar surface area (TPSA) is 58.2 Å². The summed E-state index contributed by atoms with van der Waals surface area (Å²) in [5, 5.41) is 3.33. The smallest absolute Gasteiger partial charge is 0.232 e. The van der Waals surface area contributed by atoms with Gasteiger partial charge in [-0.05, 0) is 43.4 Å². The Bertz CT molecular complexity index is 537. The Labute approximate surface area is 122 Å². The summed E-state index contributed by atoms with van der Waals surface area (Å²) in [6.07, 6.45) is 3.11. The van der Waals surface area contributed by atoms with Crippen LogP contribution in [0.5, 0.6) is 0 Å². The van der Waals surface area contributed by atoms with Crippen LogP contribution in [0.3, 0.4) is 0 Å². The molecule has 1 fully saturated rings. The third-order valence-electron chi connectivity index (χ3n) is 3.45. The fraction of sp³-hybridized carbons (Fsp3) is 0.600. The number of nitrogens with one attached hydrogen (secondary N) is 2. The molecule has 0 atom stereocenters.